The molecular formula is C3ClF6IO. The van der Waals surface area contributed by atoms with Crippen LogP contribution in [0.2, 0.25) is 0 Å². The van der Waals surface area contributed by atoms with Gasteiger partial charge in [-0.05, 0) is 11.6 Å². The van der Waals surface area contributed by atoms with Crippen LogP contribution in [-0.4, -0.2) is 15.6 Å². The Hall–Kier alpha value is 0.560. The SMILES string of the molecule is FC(F)(F)OC(F)(I)C(F)(F)Cl. The summed E-state index contributed by atoms with van der Waals surface area (Å²) in [6, 6.07) is 0. The van der Waals surface area contributed by atoms with E-state index >= 15 is 0 Å². The van der Waals surface area contributed by atoms with Crippen molar-refractivity contribution >= 4 is 34.2 Å². The van der Waals surface area contributed by atoms with Crippen LogP contribution in [0.1, 0.15) is 0 Å². The second-order valence-electron chi connectivity index (χ2n) is 1.56. The molecule has 0 saturated carbocycles. The first kappa shape index (κ1) is 12.6. The van der Waals surface area contributed by atoms with Crippen molar-refractivity contribution in [1.82, 2.24) is 0 Å². The minimum absolute atomic E-state index is 0.117. The maximum atomic E-state index is 12.3. The van der Waals surface area contributed by atoms with Crippen molar-refractivity contribution in [3.05, 3.63) is 0 Å². The van der Waals surface area contributed by atoms with Gasteiger partial charge in [-0.25, -0.2) is 4.74 Å². The highest BCUT2D eigenvalue weighted by Crippen LogP contribution is 2.45. The van der Waals surface area contributed by atoms with Gasteiger partial charge in [0.15, 0.2) is 0 Å². The van der Waals surface area contributed by atoms with Gasteiger partial charge in [-0.15, -0.1) is 13.2 Å². The first-order chi connectivity index (χ1) is 4.96. The van der Waals surface area contributed by atoms with E-state index in [-0.39, 0.29) is 22.6 Å². The van der Waals surface area contributed by atoms with E-state index in [2.05, 4.69) is 16.3 Å². The van der Waals surface area contributed by atoms with Gasteiger partial charge in [0.05, 0.1) is 0 Å². The third-order valence-electron chi connectivity index (χ3n) is 0.574. The Bertz CT molecular complexity index is 161. The van der Waals surface area contributed by atoms with Crippen LogP contribution < -0.4 is 0 Å². The van der Waals surface area contributed by atoms with Gasteiger partial charge in [0, 0.05) is 22.6 Å². The maximum Gasteiger partial charge on any atom is 0.526 e. The lowest BCUT2D eigenvalue weighted by Gasteiger charge is -2.23. The zero-order valence-corrected chi connectivity index (χ0v) is 7.85. The molecule has 1 nitrogen and oxygen atoms in total. The van der Waals surface area contributed by atoms with Crippen molar-refractivity contribution in [2.24, 2.45) is 0 Å². The van der Waals surface area contributed by atoms with Gasteiger partial charge in [0.1, 0.15) is 0 Å². The molecule has 0 aliphatic heterocycles. The molecule has 0 spiro atoms. The zero-order chi connectivity index (χ0) is 10.2. The van der Waals surface area contributed by atoms with E-state index in [9.17, 15) is 26.3 Å². The van der Waals surface area contributed by atoms with Gasteiger partial charge in [0.25, 0.3) is 0 Å². The van der Waals surface area contributed by atoms with Crippen molar-refractivity contribution < 1.29 is 31.1 Å². The number of halogens is 8. The summed E-state index contributed by atoms with van der Waals surface area (Å²) >= 11 is 4.11. The maximum absolute atomic E-state index is 12.3. The Morgan fingerprint density at radius 3 is 1.42 bits per heavy atom. The summed E-state index contributed by atoms with van der Waals surface area (Å²) in [6.07, 6.45) is -5.51. The lowest BCUT2D eigenvalue weighted by molar-refractivity contribution is -0.384. The Balaban J connectivity index is 4.44. The average molecular weight is 328 g/mol. The largest absolute Gasteiger partial charge is 0.526 e. The smallest absolute Gasteiger partial charge is 0.238 e. The van der Waals surface area contributed by atoms with Crippen molar-refractivity contribution in [1.29, 1.82) is 0 Å². The highest BCUT2D eigenvalue weighted by molar-refractivity contribution is 14.1. The lowest BCUT2D eigenvalue weighted by Crippen LogP contribution is -2.40. The number of hydrogen-bond acceptors (Lipinski definition) is 1. The molecular weight excluding hydrogens is 328 g/mol. The predicted octanol–water partition coefficient (Wildman–Crippen LogP) is 3.41. The fourth-order valence-electron chi connectivity index (χ4n) is 0.203. The molecule has 0 aromatic carbocycles. The molecule has 0 amide bonds. The number of ether oxygens (including phenoxy) is 1. The second-order valence-corrected chi connectivity index (χ2v) is 3.42. The first-order valence-electron chi connectivity index (χ1n) is 2.17. The zero-order valence-electron chi connectivity index (χ0n) is 4.93. The van der Waals surface area contributed by atoms with Crippen LogP contribution in [0.5, 0.6) is 0 Å². The third-order valence-corrected chi connectivity index (χ3v) is 2.03. The van der Waals surface area contributed by atoms with Crippen molar-refractivity contribution in [3.63, 3.8) is 0 Å². The molecule has 12 heavy (non-hydrogen) atoms. The van der Waals surface area contributed by atoms with Crippen molar-refractivity contribution in [3.8, 4) is 0 Å². The highest BCUT2D eigenvalue weighted by Gasteiger charge is 2.59. The summed E-state index contributed by atoms with van der Waals surface area (Å²) in [5.41, 5.74) is 0. The minimum atomic E-state index is -5.51. The van der Waals surface area contributed by atoms with Crippen LogP contribution in [0.25, 0.3) is 0 Å². The van der Waals surface area contributed by atoms with Crippen molar-refractivity contribution in [2.75, 3.05) is 0 Å². The molecule has 0 aliphatic rings. The van der Waals surface area contributed by atoms with E-state index in [1.54, 1.807) is 0 Å². The van der Waals surface area contributed by atoms with Crippen LogP contribution in [0.3, 0.4) is 0 Å². The molecule has 0 heterocycles. The van der Waals surface area contributed by atoms with E-state index in [1.165, 1.54) is 0 Å². The van der Waals surface area contributed by atoms with Gasteiger partial charge in [-0.1, -0.05) is 0 Å². The van der Waals surface area contributed by atoms with Gasteiger partial charge in [-0.3, -0.25) is 0 Å². The summed E-state index contributed by atoms with van der Waals surface area (Å²) in [4.78, 5) is 0. The molecule has 74 valence electrons. The molecule has 0 N–H and O–H groups in total. The molecule has 0 rings (SSSR count). The quantitative estimate of drug-likeness (QED) is 0.429. The summed E-state index contributed by atoms with van der Waals surface area (Å²) in [5, 5.41) is -4.75. The van der Waals surface area contributed by atoms with Crippen LogP contribution in [0, 0.1) is 0 Å². The van der Waals surface area contributed by atoms with Gasteiger partial charge in [-0.2, -0.15) is 13.2 Å². The number of rotatable bonds is 2. The van der Waals surface area contributed by atoms with E-state index in [4.69, 9.17) is 0 Å². The Kier molecular flexibility index (Phi) is 3.53. The Morgan fingerprint density at radius 1 is 1.00 bits per heavy atom. The summed E-state index contributed by atoms with van der Waals surface area (Å²) < 4.78 is 67.6. The van der Waals surface area contributed by atoms with E-state index in [1.807, 2.05) is 0 Å². The Morgan fingerprint density at radius 2 is 1.33 bits per heavy atom. The van der Waals surface area contributed by atoms with Crippen LogP contribution >= 0.6 is 34.2 Å². The molecule has 0 aromatic heterocycles. The summed E-state index contributed by atoms with van der Waals surface area (Å²) in [6.45, 7) is 0. The fraction of sp³-hybridized carbons (Fsp3) is 1.00. The first-order valence-corrected chi connectivity index (χ1v) is 3.63. The molecule has 1 atom stereocenters. The van der Waals surface area contributed by atoms with Gasteiger partial charge in [0.2, 0.25) is 0 Å². The summed E-state index contributed by atoms with van der Waals surface area (Å²) in [5.74, 6) is 0. The summed E-state index contributed by atoms with van der Waals surface area (Å²) in [7, 11) is 0. The second kappa shape index (κ2) is 3.37. The third kappa shape index (κ3) is 3.99. The molecule has 0 radical (unpaired) electrons. The van der Waals surface area contributed by atoms with Crippen LogP contribution in [-0.2, 0) is 4.74 Å². The molecule has 9 heteroatoms. The number of alkyl halides is 8. The van der Waals surface area contributed by atoms with Gasteiger partial charge >= 0.3 is 15.6 Å². The minimum Gasteiger partial charge on any atom is -0.238 e. The predicted molar refractivity (Wildman–Crippen MR) is 35.8 cm³/mol. The molecule has 0 aliphatic carbocycles. The van der Waals surface area contributed by atoms with Crippen molar-refractivity contribution in [2.45, 2.75) is 15.6 Å². The normalized spacial score (nSPS) is 19.0. The van der Waals surface area contributed by atoms with E-state index in [0.29, 0.717) is 0 Å². The lowest BCUT2D eigenvalue weighted by atomic mass is 10.7. The van der Waals surface area contributed by atoms with Crippen LogP contribution in [0.4, 0.5) is 26.3 Å². The molecule has 0 saturated heterocycles. The van der Waals surface area contributed by atoms with Crippen LogP contribution in [0.15, 0.2) is 0 Å². The Labute approximate surface area is 81.1 Å². The van der Waals surface area contributed by atoms with E-state index in [0.717, 1.165) is 0 Å². The highest BCUT2D eigenvalue weighted by atomic mass is 127. The number of hydrogen-bond donors (Lipinski definition) is 0. The molecule has 1 unspecified atom stereocenters. The molecule has 0 aromatic rings. The standard InChI is InChI=1S/C3ClF6IO/c4-1(5,6)2(7,11)12-3(8,9)10. The monoisotopic (exact) mass is 328 g/mol. The molecule has 0 bridgehead atoms. The topological polar surface area (TPSA) is 9.23 Å². The van der Waals surface area contributed by atoms with E-state index < -0.39 is 15.6 Å². The average Bonchev–Trinajstić information content (AvgIpc) is 1.52. The fourth-order valence-corrected chi connectivity index (χ4v) is 0.491. The van der Waals surface area contributed by atoms with Gasteiger partial charge < -0.3 is 0 Å². The molecule has 0 fully saturated rings.